The van der Waals surface area contributed by atoms with Gasteiger partial charge in [-0.1, -0.05) is 64.4 Å². The van der Waals surface area contributed by atoms with Gasteiger partial charge in [-0.25, -0.2) is 0 Å². The highest BCUT2D eigenvalue weighted by molar-refractivity contribution is 5.95. The molecule has 4 nitrogen and oxygen atoms in total. The Bertz CT molecular complexity index is 416. The molecule has 4 heteroatoms. The monoisotopic (exact) mass is 352 g/mol. The van der Waals surface area contributed by atoms with E-state index in [1.54, 1.807) is 6.08 Å². The lowest BCUT2D eigenvalue weighted by Gasteiger charge is -2.23. The van der Waals surface area contributed by atoms with Crippen molar-refractivity contribution in [3.63, 3.8) is 0 Å². The van der Waals surface area contributed by atoms with Crippen LogP contribution in [0.2, 0.25) is 0 Å². The maximum atomic E-state index is 12.1. The average Bonchev–Trinajstić information content (AvgIpc) is 2.97. The Labute approximate surface area is 153 Å². The molecule has 1 aliphatic rings. The van der Waals surface area contributed by atoms with Gasteiger partial charge in [0.15, 0.2) is 5.78 Å². The van der Waals surface area contributed by atoms with Crippen molar-refractivity contribution in [2.45, 2.75) is 90.1 Å². The number of carbonyl (C=O) groups is 2. The number of allylic oxidation sites excluding steroid dienone is 2. The van der Waals surface area contributed by atoms with Crippen LogP contribution in [0.25, 0.3) is 0 Å². The van der Waals surface area contributed by atoms with Crippen LogP contribution < -0.4 is 0 Å². The number of aliphatic hydroxyl groups excluding tert-OH is 1. The lowest BCUT2D eigenvalue weighted by Crippen LogP contribution is -2.30. The summed E-state index contributed by atoms with van der Waals surface area (Å²) in [6, 6.07) is 0. The standard InChI is InChI=1S/C21H36O4/c1-3-4-5-6-7-9-12-17-15-16-19(23)21(17)18(22)13-10-8-11-14-20(24)25-2/h15-18,21-22H,3-14H2,1-2H3/t17-,18?,21?/m1/s1. The lowest BCUT2D eigenvalue weighted by molar-refractivity contribution is -0.140. The Kier molecular flexibility index (Phi) is 11.5. The number of aliphatic hydroxyl groups is 1. The number of methoxy groups -OCH3 is 1. The van der Waals surface area contributed by atoms with Gasteiger partial charge < -0.3 is 9.84 Å². The first-order valence-electron chi connectivity index (χ1n) is 10.1. The van der Waals surface area contributed by atoms with E-state index in [9.17, 15) is 14.7 Å². The van der Waals surface area contributed by atoms with Gasteiger partial charge in [-0.15, -0.1) is 0 Å². The first-order valence-corrected chi connectivity index (χ1v) is 10.1. The van der Waals surface area contributed by atoms with Gasteiger partial charge in [0.25, 0.3) is 0 Å². The molecule has 3 atom stereocenters. The van der Waals surface area contributed by atoms with Gasteiger partial charge in [-0.2, -0.15) is 0 Å². The third kappa shape index (κ3) is 8.66. The molecular weight excluding hydrogens is 316 g/mol. The van der Waals surface area contributed by atoms with E-state index in [1.165, 1.54) is 39.2 Å². The molecule has 2 unspecified atom stereocenters. The van der Waals surface area contributed by atoms with Gasteiger partial charge in [0.1, 0.15) is 0 Å². The van der Waals surface area contributed by atoms with Crippen molar-refractivity contribution in [2.24, 2.45) is 11.8 Å². The molecule has 0 aliphatic heterocycles. The van der Waals surface area contributed by atoms with E-state index in [-0.39, 0.29) is 23.6 Å². The van der Waals surface area contributed by atoms with Crippen LogP contribution in [0, 0.1) is 11.8 Å². The van der Waals surface area contributed by atoms with Gasteiger partial charge in [-0.3, -0.25) is 9.59 Å². The van der Waals surface area contributed by atoms with Gasteiger partial charge in [0.05, 0.1) is 19.1 Å². The summed E-state index contributed by atoms with van der Waals surface area (Å²) in [6.07, 6.45) is 15.1. The van der Waals surface area contributed by atoms with Crippen LogP contribution in [0.3, 0.4) is 0 Å². The third-order valence-electron chi connectivity index (χ3n) is 5.21. The smallest absolute Gasteiger partial charge is 0.305 e. The highest BCUT2D eigenvalue weighted by atomic mass is 16.5. The first kappa shape index (κ1) is 21.9. The molecule has 0 aromatic carbocycles. The summed E-state index contributed by atoms with van der Waals surface area (Å²) in [5.74, 6) is -0.159. The highest BCUT2D eigenvalue weighted by Gasteiger charge is 2.34. The Morgan fingerprint density at radius 3 is 2.52 bits per heavy atom. The molecule has 0 radical (unpaired) electrons. The van der Waals surface area contributed by atoms with Crippen molar-refractivity contribution in [2.75, 3.05) is 7.11 Å². The number of ketones is 1. The van der Waals surface area contributed by atoms with Crippen molar-refractivity contribution >= 4 is 11.8 Å². The Hall–Kier alpha value is -1.16. The lowest BCUT2D eigenvalue weighted by atomic mass is 9.83. The minimum absolute atomic E-state index is 0.0815. The predicted molar refractivity (Wildman–Crippen MR) is 100 cm³/mol. The second kappa shape index (κ2) is 13.1. The van der Waals surface area contributed by atoms with Crippen LogP contribution in [-0.2, 0) is 14.3 Å². The van der Waals surface area contributed by atoms with E-state index >= 15 is 0 Å². The molecule has 1 rings (SSSR count). The molecule has 25 heavy (non-hydrogen) atoms. The van der Waals surface area contributed by atoms with E-state index in [0.29, 0.717) is 12.8 Å². The van der Waals surface area contributed by atoms with E-state index in [2.05, 4.69) is 11.7 Å². The minimum Gasteiger partial charge on any atom is -0.469 e. The van der Waals surface area contributed by atoms with Crippen molar-refractivity contribution in [3.8, 4) is 0 Å². The zero-order valence-electron chi connectivity index (χ0n) is 16.0. The largest absolute Gasteiger partial charge is 0.469 e. The van der Waals surface area contributed by atoms with Crippen molar-refractivity contribution in [1.29, 1.82) is 0 Å². The second-order valence-electron chi connectivity index (χ2n) is 7.25. The Balaban J connectivity index is 2.23. The van der Waals surface area contributed by atoms with E-state index in [1.807, 2.05) is 6.08 Å². The van der Waals surface area contributed by atoms with Gasteiger partial charge in [-0.05, 0) is 31.3 Å². The number of rotatable bonds is 14. The minimum atomic E-state index is -0.564. The van der Waals surface area contributed by atoms with Crippen molar-refractivity contribution < 1.29 is 19.4 Å². The molecular formula is C21H36O4. The van der Waals surface area contributed by atoms with Crippen molar-refractivity contribution in [3.05, 3.63) is 12.2 Å². The van der Waals surface area contributed by atoms with E-state index < -0.39 is 6.10 Å². The Morgan fingerprint density at radius 2 is 1.80 bits per heavy atom. The summed E-state index contributed by atoms with van der Waals surface area (Å²) in [4.78, 5) is 23.2. The normalized spacial score (nSPS) is 20.8. The third-order valence-corrected chi connectivity index (χ3v) is 5.21. The number of ether oxygens (including phenoxy) is 1. The maximum absolute atomic E-state index is 12.1. The SMILES string of the molecule is CCCCCCCC[C@@H]1C=CC(=O)C1C(O)CCCCCC(=O)OC. The summed E-state index contributed by atoms with van der Waals surface area (Å²) < 4.78 is 4.61. The van der Waals surface area contributed by atoms with Crippen LogP contribution in [0.1, 0.15) is 84.0 Å². The van der Waals surface area contributed by atoms with E-state index in [4.69, 9.17) is 0 Å². The van der Waals surface area contributed by atoms with Gasteiger partial charge in [0, 0.05) is 6.42 Å². The van der Waals surface area contributed by atoms with Crippen LogP contribution in [0.4, 0.5) is 0 Å². The molecule has 0 spiro atoms. The number of unbranched alkanes of at least 4 members (excludes halogenated alkanes) is 7. The Morgan fingerprint density at radius 1 is 1.12 bits per heavy atom. The zero-order valence-corrected chi connectivity index (χ0v) is 16.0. The van der Waals surface area contributed by atoms with Crippen LogP contribution >= 0.6 is 0 Å². The summed E-state index contributed by atoms with van der Waals surface area (Å²) >= 11 is 0. The molecule has 0 heterocycles. The summed E-state index contributed by atoms with van der Waals surface area (Å²) in [5, 5.41) is 10.5. The van der Waals surface area contributed by atoms with Crippen LogP contribution in [0.15, 0.2) is 12.2 Å². The molecule has 0 saturated heterocycles. The number of esters is 1. The number of hydrogen-bond acceptors (Lipinski definition) is 4. The fourth-order valence-electron chi connectivity index (χ4n) is 3.65. The molecule has 144 valence electrons. The fourth-order valence-corrected chi connectivity index (χ4v) is 3.65. The zero-order chi connectivity index (χ0) is 18.5. The quantitative estimate of drug-likeness (QED) is 0.367. The molecule has 0 aromatic heterocycles. The molecule has 0 amide bonds. The predicted octanol–water partition coefficient (Wildman–Crippen LogP) is 4.59. The van der Waals surface area contributed by atoms with Crippen LogP contribution in [-0.4, -0.2) is 30.1 Å². The highest BCUT2D eigenvalue weighted by Crippen LogP contribution is 2.32. The molecule has 0 fully saturated rings. The molecule has 0 saturated carbocycles. The summed E-state index contributed by atoms with van der Waals surface area (Å²) in [5.41, 5.74) is 0. The van der Waals surface area contributed by atoms with E-state index in [0.717, 1.165) is 32.1 Å². The van der Waals surface area contributed by atoms with Gasteiger partial charge in [0.2, 0.25) is 0 Å². The average molecular weight is 353 g/mol. The summed E-state index contributed by atoms with van der Waals surface area (Å²) in [6.45, 7) is 2.22. The second-order valence-corrected chi connectivity index (χ2v) is 7.25. The topological polar surface area (TPSA) is 63.6 Å². The number of hydrogen-bond donors (Lipinski definition) is 1. The van der Waals surface area contributed by atoms with Gasteiger partial charge >= 0.3 is 5.97 Å². The number of carbonyl (C=O) groups excluding carboxylic acids is 2. The van der Waals surface area contributed by atoms with Crippen molar-refractivity contribution in [1.82, 2.24) is 0 Å². The molecule has 0 aromatic rings. The first-order chi connectivity index (χ1) is 12.1. The van der Waals surface area contributed by atoms with Crippen LogP contribution in [0.5, 0.6) is 0 Å². The molecule has 1 aliphatic carbocycles. The molecule has 0 bridgehead atoms. The summed E-state index contributed by atoms with van der Waals surface area (Å²) in [7, 11) is 1.40. The fraction of sp³-hybridized carbons (Fsp3) is 0.810. The molecule has 1 N–H and O–H groups in total. The maximum Gasteiger partial charge on any atom is 0.305 e.